The van der Waals surface area contributed by atoms with E-state index in [4.69, 9.17) is 4.74 Å². The van der Waals surface area contributed by atoms with Crippen LogP contribution in [0.5, 0.6) is 0 Å². The van der Waals surface area contributed by atoms with Gasteiger partial charge in [-0.25, -0.2) is 4.79 Å². The molecule has 1 aromatic carbocycles. The lowest BCUT2D eigenvalue weighted by Gasteiger charge is -2.25. The third-order valence-electron chi connectivity index (χ3n) is 3.92. The van der Waals surface area contributed by atoms with Crippen molar-refractivity contribution in [3.05, 3.63) is 42.5 Å². The molecule has 124 valence electrons. The number of amides is 2. The lowest BCUT2D eigenvalue weighted by atomic mass is 10.1. The smallest absolute Gasteiger partial charge is 0.410 e. The first-order chi connectivity index (χ1) is 11.1. The fourth-order valence-electron chi connectivity index (χ4n) is 2.63. The quantitative estimate of drug-likeness (QED) is 0.783. The van der Waals surface area contributed by atoms with E-state index >= 15 is 0 Å². The van der Waals surface area contributed by atoms with Gasteiger partial charge in [0.15, 0.2) is 0 Å². The number of anilines is 1. The Balaban J connectivity index is 1.90. The van der Waals surface area contributed by atoms with Crippen molar-refractivity contribution in [1.29, 1.82) is 0 Å². The molecule has 1 heterocycles. The second-order valence-corrected chi connectivity index (χ2v) is 5.69. The van der Waals surface area contributed by atoms with Crippen LogP contribution in [-0.2, 0) is 16.1 Å². The molecule has 5 nitrogen and oxygen atoms in total. The van der Waals surface area contributed by atoms with E-state index in [1.165, 1.54) is 13.3 Å². The van der Waals surface area contributed by atoms with Gasteiger partial charge in [-0.1, -0.05) is 18.2 Å². The topological polar surface area (TPSA) is 49.9 Å². The van der Waals surface area contributed by atoms with Crippen LogP contribution in [0.1, 0.15) is 31.7 Å². The summed E-state index contributed by atoms with van der Waals surface area (Å²) in [5, 5.41) is 0. The summed E-state index contributed by atoms with van der Waals surface area (Å²) < 4.78 is 5.35. The van der Waals surface area contributed by atoms with E-state index < -0.39 is 0 Å². The Morgan fingerprint density at radius 2 is 1.87 bits per heavy atom. The normalized spacial score (nSPS) is 14.2. The molecular weight excluding hydrogens is 292 g/mol. The fraction of sp³-hybridized carbons (Fsp3) is 0.444. The summed E-state index contributed by atoms with van der Waals surface area (Å²) in [4.78, 5) is 27.0. The van der Waals surface area contributed by atoms with E-state index in [2.05, 4.69) is 6.58 Å². The number of piperidine rings is 1. The molecular formula is C18H24N2O3. The second-order valence-electron chi connectivity index (χ2n) is 5.69. The predicted octanol–water partition coefficient (Wildman–Crippen LogP) is 3.35. The molecule has 1 fully saturated rings. The summed E-state index contributed by atoms with van der Waals surface area (Å²) in [5.74, 6) is -0.0332. The van der Waals surface area contributed by atoms with Gasteiger partial charge < -0.3 is 14.5 Å². The van der Waals surface area contributed by atoms with Crippen LogP contribution in [-0.4, -0.2) is 36.5 Å². The highest BCUT2D eigenvalue weighted by atomic mass is 16.6. The summed E-state index contributed by atoms with van der Waals surface area (Å²) in [6, 6.07) is 7.46. The molecule has 0 aromatic heterocycles. The van der Waals surface area contributed by atoms with E-state index in [1.54, 1.807) is 15.9 Å². The molecule has 0 radical (unpaired) electrons. The average molecular weight is 316 g/mol. The number of likely N-dealkylation sites (tertiary alicyclic amines) is 1. The molecule has 1 aliphatic rings. The monoisotopic (exact) mass is 316 g/mol. The number of benzene rings is 1. The molecule has 0 atom stereocenters. The van der Waals surface area contributed by atoms with Crippen LogP contribution >= 0.6 is 0 Å². The number of hydrogen-bond donors (Lipinski definition) is 0. The first-order valence-electron chi connectivity index (χ1n) is 8.01. The zero-order valence-electron chi connectivity index (χ0n) is 13.7. The van der Waals surface area contributed by atoms with Crippen molar-refractivity contribution < 1.29 is 14.3 Å². The molecule has 0 bridgehead atoms. The molecule has 1 saturated heterocycles. The van der Waals surface area contributed by atoms with Crippen LogP contribution in [0, 0.1) is 0 Å². The maximum atomic E-state index is 12.0. The minimum Gasteiger partial charge on any atom is -0.445 e. The van der Waals surface area contributed by atoms with Crippen molar-refractivity contribution in [2.45, 2.75) is 32.8 Å². The molecule has 0 N–H and O–H groups in total. The van der Waals surface area contributed by atoms with Crippen LogP contribution in [0.2, 0.25) is 0 Å². The van der Waals surface area contributed by atoms with E-state index in [0.717, 1.165) is 37.2 Å². The number of hydrogen-bond acceptors (Lipinski definition) is 3. The van der Waals surface area contributed by atoms with E-state index in [1.807, 2.05) is 24.3 Å². The number of ether oxygens (including phenoxy) is 1. The van der Waals surface area contributed by atoms with Crippen molar-refractivity contribution in [3.63, 3.8) is 0 Å². The molecule has 2 rings (SSSR count). The summed E-state index contributed by atoms with van der Waals surface area (Å²) in [5.41, 5.74) is 1.71. The van der Waals surface area contributed by atoms with Crippen molar-refractivity contribution in [1.82, 2.24) is 4.90 Å². The van der Waals surface area contributed by atoms with Crippen molar-refractivity contribution >= 4 is 17.7 Å². The summed E-state index contributed by atoms with van der Waals surface area (Å²) in [6.45, 7) is 7.48. The first kappa shape index (κ1) is 17.1. The van der Waals surface area contributed by atoms with Crippen LogP contribution in [0.25, 0.3) is 0 Å². The molecule has 5 heteroatoms. The molecule has 23 heavy (non-hydrogen) atoms. The van der Waals surface area contributed by atoms with Gasteiger partial charge in [-0.15, -0.1) is 6.58 Å². The van der Waals surface area contributed by atoms with Gasteiger partial charge in [-0.3, -0.25) is 4.79 Å². The van der Waals surface area contributed by atoms with Gasteiger partial charge in [-0.2, -0.15) is 0 Å². The Kier molecular flexibility index (Phi) is 6.20. The largest absolute Gasteiger partial charge is 0.445 e. The Morgan fingerprint density at radius 1 is 1.22 bits per heavy atom. The maximum absolute atomic E-state index is 12.0. The number of carbonyl (C=O) groups is 2. The Bertz CT molecular complexity index is 548. The minimum atomic E-state index is -0.245. The fourth-order valence-corrected chi connectivity index (χ4v) is 2.63. The minimum absolute atomic E-state index is 0.0332. The molecule has 0 aliphatic carbocycles. The number of rotatable bonds is 5. The average Bonchev–Trinajstić information content (AvgIpc) is 2.58. The van der Waals surface area contributed by atoms with Gasteiger partial charge in [-0.05, 0) is 37.0 Å². The van der Waals surface area contributed by atoms with Gasteiger partial charge in [0.1, 0.15) is 6.61 Å². The van der Waals surface area contributed by atoms with Crippen molar-refractivity contribution in [3.8, 4) is 0 Å². The van der Waals surface area contributed by atoms with Crippen molar-refractivity contribution in [2.75, 3.05) is 24.5 Å². The van der Waals surface area contributed by atoms with Gasteiger partial charge in [0.2, 0.25) is 5.91 Å². The van der Waals surface area contributed by atoms with E-state index in [9.17, 15) is 9.59 Å². The first-order valence-corrected chi connectivity index (χ1v) is 8.01. The van der Waals surface area contributed by atoms with Crippen LogP contribution in [0.15, 0.2) is 36.9 Å². The molecule has 2 amide bonds. The number of nitrogens with zero attached hydrogens (tertiary/aromatic N) is 2. The lowest BCUT2D eigenvalue weighted by Crippen LogP contribution is -2.35. The highest BCUT2D eigenvalue weighted by Crippen LogP contribution is 2.17. The van der Waals surface area contributed by atoms with Gasteiger partial charge in [0.25, 0.3) is 0 Å². The summed E-state index contributed by atoms with van der Waals surface area (Å²) in [7, 11) is 0. The molecule has 1 aromatic rings. The van der Waals surface area contributed by atoms with Gasteiger partial charge in [0.05, 0.1) is 0 Å². The SMILES string of the molecule is C=CCN(C(C)=O)c1ccc(COC(=O)N2CCCCC2)cc1. The molecule has 0 saturated carbocycles. The third-order valence-corrected chi connectivity index (χ3v) is 3.92. The standard InChI is InChI=1S/C18H24N2O3/c1-3-11-20(15(2)21)17-9-7-16(8-10-17)14-23-18(22)19-12-5-4-6-13-19/h3,7-10H,1,4-6,11-14H2,2H3. The molecule has 1 aliphatic heterocycles. The number of carbonyl (C=O) groups excluding carboxylic acids is 2. The second kappa shape index (κ2) is 8.36. The van der Waals surface area contributed by atoms with Crippen LogP contribution in [0.4, 0.5) is 10.5 Å². The zero-order valence-corrected chi connectivity index (χ0v) is 13.7. The maximum Gasteiger partial charge on any atom is 0.410 e. The molecule has 0 spiro atoms. The van der Waals surface area contributed by atoms with Crippen LogP contribution < -0.4 is 4.90 Å². The third kappa shape index (κ3) is 4.84. The zero-order chi connectivity index (χ0) is 16.7. The highest BCUT2D eigenvalue weighted by molar-refractivity contribution is 5.91. The van der Waals surface area contributed by atoms with Crippen molar-refractivity contribution in [2.24, 2.45) is 0 Å². The van der Waals surface area contributed by atoms with Gasteiger partial charge >= 0.3 is 6.09 Å². The molecule has 0 unspecified atom stereocenters. The summed E-state index contributed by atoms with van der Waals surface area (Å²) >= 11 is 0. The Morgan fingerprint density at radius 3 is 2.43 bits per heavy atom. The lowest BCUT2D eigenvalue weighted by molar-refractivity contribution is -0.116. The van der Waals surface area contributed by atoms with E-state index in [-0.39, 0.29) is 18.6 Å². The summed E-state index contributed by atoms with van der Waals surface area (Å²) in [6.07, 6.45) is 4.73. The van der Waals surface area contributed by atoms with Gasteiger partial charge in [0, 0.05) is 32.2 Å². The predicted molar refractivity (Wildman–Crippen MR) is 90.3 cm³/mol. The highest BCUT2D eigenvalue weighted by Gasteiger charge is 2.17. The Hall–Kier alpha value is -2.30. The van der Waals surface area contributed by atoms with Crippen LogP contribution in [0.3, 0.4) is 0 Å². The Labute approximate surface area is 137 Å². The van der Waals surface area contributed by atoms with E-state index in [0.29, 0.717) is 6.54 Å².